The van der Waals surface area contributed by atoms with Crippen LogP contribution in [0.25, 0.3) is 0 Å². The Morgan fingerprint density at radius 1 is 1.19 bits per heavy atom. The van der Waals surface area contributed by atoms with E-state index in [0.29, 0.717) is 16.5 Å². The summed E-state index contributed by atoms with van der Waals surface area (Å²) in [6, 6.07) is 11.4. The van der Waals surface area contributed by atoms with E-state index in [4.69, 9.17) is 16.3 Å². The van der Waals surface area contributed by atoms with E-state index in [-0.39, 0.29) is 24.0 Å². The van der Waals surface area contributed by atoms with Crippen molar-refractivity contribution in [2.24, 2.45) is 0 Å². The summed E-state index contributed by atoms with van der Waals surface area (Å²) in [5, 5.41) is 3.24. The topological polar surface area (TPSA) is 84.5 Å². The number of ether oxygens (including phenoxy) is 1. The van der Waals surface area contributed by atoms with E-state index in [1.54, 1.807) is 30.3 Å². The van der Waals surface area contributed by atoms with Crippen molar-refractivity contribution >= 4 is 45.0 Å². The fourth-order valence-corrected chi connectivity index (χ4v) is 3.80. The normalized spacial score (nSPS) is 11.2. The van der Waals surface area contributed by atoms with Gasteiger partial charge >= 0.3 is 0 Å². The van der Waals surface area contributed by atoms with E-state index < -0.39 is 10.0 Å². The largest absolute Gasteiger partial charge is 0.492 e. The molecule has 9 heteroatoms. The Bertz CT molecular complexity index is 871. The first-order valence-corrected chi connectivity index (χ1v) is 10.7. The minimum Gasteiger partial charge on any atom is -0.492 e. The maximum absolute atomic E-state index is 12.4. The van der Waals surface area contributed by atoms with Crippen LogP contribution >= 0.6 is 23.4 Å². The molecular weight excluding hydrogens is 396 g/mol. The second-order valence-corrected chi connectivity index (χ2v) is 8.29. The highest BCUT2D eigenvalue weighted by atomic mass is 35.5. The molecule has 6 nitrogen and oxygen atoms in total. The predicted octanol–water partition coefficient (Wildman–Crippen LogP) is 3.38. The van der Waals surface area contributed by atoms with E-state index in [0.717, 1.165) is 4.90 Å². The summed E-state index contributed by atoms with van der Waals surface area (Å²) in [5.74, 6) is 0.338. The Morgan fingerprint density at radius 3 is 2.50 bits per heavy atom. The highest BCUT2D eigenvalue weighted by Crippen LogP contribution is 2.28. The summed E-state index contributed by atoms with van der Waals surface area (Å²) >= 11 is 7.21. The molecule has 26 heavy (non-hydrogen) atoms. The van der Waals surface area contributed by atoms with Gasteiger partial charge in [0.15, 0.2) is 0 Å². The first kappa shape index (κ1) is 20.6. The quantitative estimate of drug-likeness (QED) is 0.511. The second-order valence-electron chi connectivity index (χ2n) is 5.24. The number of amides is 1. The molecule has 0 atom stereocenters. The number of halogens is 1. The molecule has 0 aromatic heterocycles. The van der Waals surface area contributed by atoms with Crippen molar-refractivity contribution in [1.82, 2.24) is 4.72 Å². The molecule has 0 saturated carbocycles. The number of hydrogen-bond donors (Lipinski definition) is 2. The van der Waals surface area contributed by atoms with Gasteiger partial charge in [0.25, 0.3) is 0 Å². The fourth-order valence-electron chi connectivity index (χ4n) is 2.10. The molecule has 0 spiro atoms. The van der Waals surface area contributed by atoms with Crippen molar-refractivity contribution in [2.45, 2.75) is 16.7 Å². The summed E-state index contributed by atoms with van der Waals surface area (Å²) in [6.07, 6.45) is 1.85. The van der Waals surface area contributed by atoms with Gasteiger partial charge in [-0.1, -0.05) is 11.6 Å². The first-order chi connectivity index (χ1) is 12.3. The van der Waals surface area contributed by atoms with Crippen molar-refractivity contribution < 1.29 is 17.9 Å². The van der Waals surface area contributed by atoms with Crippen molar-refractivity contribution in [2.75, 3.05) is 24.7 Å². The Kier molecular flexibility index (Phi) is 7.33. The van der Waals surface area contributed by atoms with Crippen LogP contribution in [0.4, 0.5) is 5.69 Å². The van der Waals surface area contributed by atoms with Gasteiger partial charge in [-0.3, -0.25) is 4.79 Å². The lowest BCUT2D eigenvalue weighted by molar-refractivity contribution is -0.114. The van der Waals surface area contributed by atoms with Crippen LogP contribution in [0.3, 0.4) is 0 Å². The zero-order chi connectivity index (χ0) is 19.2. The van der Waals surface area contributed by atoms with E-state index in [1.807, 2.05) is 6.26 Å². The molecule has 2 rings (SSSR count). The molecule has 0 fully saturated rings. The second kappa shape index (κ2) is 9.27. The average molecular weight is 415 g/mol. The molecule has 2 aromatic carbocycles. The molecule has 0 saturated heterocycles. The number of sulfonamides is 1. The van der Waals surface area contributed by atoms with Crippen LogP contribution in [0.5, 0.6) is 5.75 Å². The molecule has 0 unspecified atom stereocenters. The van der Waals surface area contributed by atoms with Gasteiger partial charge in [-0.05, 0) is 48.7 Å². The fraction of sp³-hybridized carbons (Fsp3) is 0.235. The molecule has 1 amide bonds. The number of rotatable bonds is 8. The maximum Gasteiger partial charge on any atom is 0.240 e. The van der Waals surface area contributed by atoms with E-state index >= 15 is 0 Å². The third-order valence-corrected chi connectivity index (χ3v) is 5.77. The van der Waals surface area contributed by atoms with Crippen LogP contribution in [0.15, 0.2) is 52.3 Å². The van der Waals surface area contributed by atoms with Crippen LogP contribution < -0.4 is 14.8 Å². The Balaban J connectivity index is 2.00. The van der Waals surface area contributed by atoms with Gasteiger partial charge in [0.05, 0.1) is 10.6 Å². The summed E-state index contributed by atoms with van der Waals surface area (Å²) in [6.45, 7) is 1.64. The van der Waals surface area contributed by atoms with Crippen LogP contribution in [0.1, 0.15) is 6.92 Å². The molecule has 0 radical (unpaired) electrons. The zero-order valence-corrected chi connectivity index (χ0v) is 16.7. The minimum absolute atomic E-state index is 0.0746. The smallest absolute Gasteiger partial charge is 0.240 e. The number of carbonyl (C=O) groups excluding carboxylic acids is 1. The number of benzene rings is 2. The molecule has 140 valence electrons. The zero-order valence-electron chi connectivity index (χ0n) is 14.3. The summed E-state index contributed by atoms with van der Waals surface area (Å²) in [5.41, 5.74) is 0.463. The Hall–Kier alpha value is -1.74. The average Bonchev–Trinajstić information content (AvgIpc) is 2.59. The van der Waals surface area contributed by atoms with Gasteiger partial charge in [-0.2, -0.15) is 0 Å². The molecular formula is C17H19ClN2O4S2. The lowest BCUT2D eigenvalue weighted by Gasteiger charge is -2.12. The van der Waals surface area contributed by atoms with Crippen LogP contribution in [-0.2, 0) is 14.8 Å². The summed E-state index contributed by atoms with van der Waals surface area (Å²) in [7, 11) is -3.72. The number of thioether (sulfide) groups is 1. The number of nitrogens with one attached hydrogen (secondary N) is 2. The third-order valence-electron chi connectivity index (χ3n) is 3.27. The molecule has 0 aliphatic rings. The highest BCUT2D eigenvalue weighted by Gasteiger charge is 2.16. The van der Waals surface area contributed by atoms with Crippen LogP contribution in [-0.4, -0.2) is 33.7 Å². The van der Waals surface area contributed by atoms with Crippen molar-refractivity contribution in [3.63, 3.8) is 0 Å². The van der Waals surface area contributed by atoms with Gasteiger partial charge in [0.2, 0.25) is 15.9 Å². The maximum atomic E-state index is 12.4. The Morgan fingerprint density at radius 2 is 1.88 bits per heavy atom. The molecule has 0 aliphatic heterocycles. The van der Waals surface area contributed by atoms with Gasteiger partial charge in [0, 0.05) is 23.4 Å². The van der Waals surface area contributed by atoms with E-state index in [9.17, 15) is 13.2 Å². The Labute approximate surface area is 162 Å². The minimum atomic E-state index is -3.72. The lowest BCUT2D eigenvalue weighted by Crippen LogP contribution is -2.28. The monoisotopic (exact) mass is 414 g/mol. The van der Waals surface area contributed by atoms with Gasteiger partial charge in [0.1, 0.15) is 12.4 Å². The summed E-state index contributed by atoms with van der Waals surface area (Å²) in [4.78, 5) is 12.2. The molecule has 2 aromatic rings. The third kappa shape index (κ3) is 5.91. The molecule has 0 aliphatic carbocycles. The number of carbonyl (C=O) groups is 1. The summed E-state index contributed by atoms with van der Waals surface area (Å²) < 4.78 is 32.8. The molecule has 0 heterocycles. The molecule has 0 bridgehead atoms. The number of anilines is 1. The molecule has 2 N–H and O–H groups in total. The van der Waals surface area contributed by atoms with Crippen LogP contribution in [0, 0.1) is 0 Å². The van der Waals surface area contributed by atoms with Gasteiger partial charge in [-0.15, -0.1) is 11.8 Å². The standard InChI is InChI=1S/C17H19ClN2O4S2/c1-12(21)20-16-11-15(7-8-17(16)25-2)26(22,23)19-9-10-24-14-5-3-13(18)4-6-14/h3-8,11,19H,9-10H2,1-2H3,(H,20,21). The van der Waals surface area contributed by atoms with Crippen LogP contribution in [0.2, 0.25) is 5.02 Å². The van der Waals surface area contributed by atoms with E-state index in [1.165, 1.54) is 30.8 Å². The SMILES string of the molecule is CSc1ccc(S(=O)(=O)NCCOc2ccc(Cl)cc2)cc1NC(C)=O. The number of hydrogen-bond acceptors (Lipinski definition) is 5. The van der Waals surface area contributed by atoms with Crippen molar-refractivity contribution in [3.05, 3.63) is 47.5 Å². The highest BCUT2D eigenvalue weighted by molar-refractivity contribution is 7.98. The van der Waals surface area contributed by atoms with Gasteiger partial charge in [-0.25, -0.2) is 13.1 Å². The predicted molar refractivity (Wildman–Crippen MR) is 105 cm³/mol. The van der Waals surface area contributed by atoms with E-state index in [2.05, 4.69) is 10.0 Å². The van der Waals surface area contributed by atoms with Crippen molar-refractivity contribution in [3.8, 4) is 5.75 Å². The lowest BCUT2D eigenvalue weighted by atomic mass is 10.3. The first-order valence-electron chi connectivity index (χ1n) is 7.65. The van der Waals surface area contributed by atoms with Crippen molar-refractivity contribution in [1.29, 1.82) is 0 Å². The van der Waals surface area contributed by atoms with Gasteiger partial charge < -0.3 is 10.1 Å².